The molecule has 130 valence electrons. The van der Waals surface area contributed by atoms with E-state index in [0.29, 0.717) is 22.4 Å². The SMILES string of the molecule is O=C(CCn1cc(Br)cn1)Nc1nn(Cc2ccccc2F)cc1Br. The van der Waals surface area contributed by atoms with E-state index in [0.717, 1.165) is 4.47 Å². The lowest BCUT2D eigenvalue weighted by Crippen LogP contribution is -2.15. The van der Waals surface area contributed by atoms with E-state index in [-0.39, 0.29) is 24.7 Å². The third-order valence-electron chi connectivity index (χ3n) is 3.43. The second-order valence-corrected chi connectivity index (χ2v) is 7.10. The summed E-state index contributed by atoms with van der Waals surface area (Å²) in [7, 11) is 0. The zero-order valence-electron chi connectivity index (χ0n) is 13.0. The van der Waals surface area contributed by atoms with Crippen molar-refractivity contribution < 1.29 is 9.18 Å². The summed E-state index contributed by atoms with van der Waals surface area (Å²) in [6, 6.07) is 6.52. The van der Waals surface area contributed by atoms with Gasteiger partial charge in [-0.1, -0.05) is 18.2 Å². The van der Waals surface area contributed by atoms with Crippen molar-refractivity contribution >= 4 is 43.6 Å². The number of aromatic nitrogens is 4. The number of benzene rings is 1. The molecule has 0 unspecified atom stereocenters. The van der Waals surface area contributed by atoms with Gasteiger partial charge in [-0.3, -0.25) is 14.2 Å². The molecule has 1 aromatic carbocycles. The molecular formula is C16H14Br2FN5O. The molecule has 3 aromatic rings. The molecule has 0 radical (unpaired) electrons. The second-order valence-electron chi connectivity index (χ2n) is 5.33. The molecule has 1 amide bonds. The van der Waals surface area contributed by atoms with Crippen LogP contribution in [0.4, 0.5) is 10.2 Å². The Hall–Kier alpha value is -2.00. The maximum Gasteiger partial charge on any atom is 0.227 e. The predicted molar refractivity (Wildman–Crippen MR) is 98.6 cm³/mol. The van der Waals surface area contributed by atoms with Gasteiger partial charge in [0, 0.05) is 30.9 Å². The molecule has 2 aromatic heterocycles. The number of carbonyl (C=O) groups is 1. The fourth-order valence-corrected chi connectivity index (χ4v) is 2.98. The van der Waals surface area contributed by atoms with E-state index in [1.807, 2.05) is 0 Å². The van der Waals surface area contributed by atoms with E-state index >= 15 is 0 Å². The lowest BCUT2D eigenvalue weighted by atomic mass is 10.2. The van der Waals surface area contributed by atoms with Crippen LogP contribution in [0.15, 0.2) is 51.8 Å². The van der Waals surface area contributed by atoms with Crippen molar-refractivity contribution in [3.8, 4) is 0 Å². The number of nitrogens with one attached hydrogen (secondary N) is 1. The van der Waals surface area contributed by atoms with Gasteiger partial charge in [-0.15, -0.1) is 0 Å². The van der Waals surface area contributed by atoms with Crippen LogP contribution in [0.1, 0.15) is 12.0 Å². The second kappa shape index (κ2) is 7.92. The maximum atomic E-state index is 13.7. The van der Waals surface area contributed by atoms with Crippen molar-refractivity contribution in [2.24, 2.45) is 0 Å². The largest absolute Gasteiger partial charge is 0.308 e. The van der Waals surface area contributed by atoms with E-state index in [1.54, 1.807) is 46.2 Å². The smallest absolute Gasteiger partial charge is 0.227 e. The summed E-state index contributed by atoms with van der Waals surface area (Å²) < 4.78 is 18.5. The topological polar surface area (TPSA) is 64.7 Å². The van der Waals surface area contributed by atoms with Gasteiger partial charge in [0.05, 0.1) is 21.7 Å². The summed E-state index contributed by atoms with van der Waals surface area (Å²) in [5, 5.41) is 11.1. The molecular weight excluding hydrogens is 457 g/mol. The summed E-state index contributed by atoms with van der Waals surface area (Å²) in [4.78, 5) is 12.1. The molecule has 25 heavy (non-hydrogen) atoms. The van der Waals surface area contributed by atoms with Gasteiger partial charge in [0.1, 0.15) is 5.82 Å². The molecule has 0 saturated carbocycles. The van der Waals surface area contributed by atoms with Crippen molar-refractivity contribution in [2.75, 3.05) is 5.32 Å². The molecule has 0 fully saturated rings. The number of amides is 1. The summed E-state index contributed by atoms with van der Waals surface area (Å²) >= 11 is 6.67. The Morgan fingerprint density at radius 2 is 2.00 bits per heavy atom. The molecule has 2 heterocycles. The first-order valence-corrected chi connectivity index (χ1v) is 9.04. The molecule has 0 bridgehead atoms. The quantitative estimate of drug-likeness (QED) is 0.595. The van der Waals surface area contributed by atoms with Gasteiger partial charge in [0.15, 0.2) is 5.82 Å². The van der Waals surface area contributed by atoms with Gasteiger partial charge in [0.25, 0.3) is 0 Å². The number of carbonyl (C=O) groups excluding carboxylic acids is 1. The summed E-state index contributed by atoms with van der Waals surface area (Å²) in [5.41, 5.74) is 0.527. The molecule has 0 aliphatic rings. The Kier molecular flexibility index (Phi) is 5.64. The van der Waals surface area contributed by atoms with Crippen LogP contribution in [-0.4, -0.2) is 25.5 Å². The zero-order valence-corrected chi connectivity index (χ0v) is 16.2. The fourth-order valence-electron chi connectivity index (χ4n) is 2.24. The fraction of sp³-hybridized carbons (Fsp3) is 0.188. The van der Waals surface area contributed by atoms with Crippen molar-refractivity contribution in [1.29, 1.82) is 0 Å². The summed E-state index contributed by atoms with van der Waals surface area (Å²) in [6.07, 6.45) is 5.43. The van der Waals surface area contributed by atoms with E-state index in [9.17, 15) is 9.18 Å². The number of rotatable bonds is 6. The molecule has 0 aliphatic heterocycles. The van der Waals surface area contributed by atoms with Crippen LogP contribution in [-0.2, 0) is 17.9 Å². The first kappa shape index (κ1) is 17.8. The lowest BCUT2D eigenvalue weighted by molar-refractivity contribution is -0.116. The highest BCUT2D eigenvalue weighted by molar-refractivity contribution is 9.10. The number of hydrogen-bond donors (Lipinski definition) is 1. The van der Waals surface area contributed by atoms with Gasteiger partial charge in [-0.05, 0) is 37.9 Å². The molecule has 3 rings (SSSR count). The minimum Gasteiger partial charge on any atom is -0.308 e. The Morgan fingerprint density at radius 3 is 2.72 bits per heavy atom. The van der Waals surface area contributed by atoms with Crippen LogP contribution in [0.25, 0.3) is 0 Å². The maximum absolute atomic E-state index is 13.7. The van der Waals surface area contributed by atoms with Crippen LogP contribution in [0.5, 0.6) is 0 Å². The summed E-state index contributed by atoms with van der Waals surface area (Å²) in [6.45, 7) is 0.743. The molecule has 0 saturated heterocycles. The standard InChI is InChI=1S/C16H14Br2FN5O/c17-12-7-20-23(9-12)6-5-15(25)21-16-13(18)10-24(22-16)8-11-3-1-2-4-14(11)19/h1-4,7,9-10H,5-6,8H2,(H,21,22,25). The van der Waals surface area contributed by atoms with Crippen LogP contribution < -0.4 is 5.32 Å². The lowest BCUT2D eigenvalue weighted by Gasteiger charge is -2.04. The van der Waals surface area contributed by atoms with Gasteiger partial charge >= 0.3 is 0 Å². The molecule has 1 N–H and O–H groups in total. The minimum absolute atomic E-state index is 0.177. The zero-order chi connectivity index (χ0) is 17.8. The normalized spacial score (nSPS) is 10.8. The summed E-state index contributed by atoms with van der Waals surface area (Å²) in [5.74, 6) is -0.0588. The molecule has 6 nitrogen and oxygen atoms in total. The average molecular weight is 471 g/mol. The molecule has 0 spiro atoms. The molecule has 0 atom stereocenters. The highest BCUT2D eigenvalue weighted by atomic mass is 79.9. The average Bonchev–Trinajstić information content (AvgIpc) is 3.14. The Labute approximate surface area is 160 Å². The van der Waals surface area contributed by atoms with E-state index < -0.39 is 0 Å². The minimum atomic E-state index is -0.287. The predicted octanol–water partition coefficient (Wildman–Crippen LogP) is 3.82. The Bertz CT molecular complexity index is 892. The highest BCUT2D eigenvalue weighted by Crippen LogP contribution is 2.21. The van der Waals surface area contributed by atoms with Crippen LogP contribution in [0.2, 0.25) is 0 Å². The number of aryl methyl sites for hydroxylation is 1. The molecule has 0 aliphatic carbocycles. The van der Waals surface area contributed by atoms with Crippen LogP contribution in [0, 0.1) is 5.82 Å². The van der Waals surface area contributed by atoms with Crippen molar-refractivity contribution in [1.82, 2.24) is 19.6 Å². The van der Waals surface area contributed by atoms with Gasteiger partial charge in [0.2, 0.25) is 5.91 Å². The van der Waals surface area contributed by atoms with Crippen LogP contribution in [0.3, 0.4) is 0 Å². The number of anilines is 1. The van der Waals surface area contributed by atoms with Crippen molar-refractivity contribution in [3.63, 3.8) is 0 Å². The first-order chi connectivity index (χ1) is 12.0. The van der Waals surface area contributed by atoms with Gasteiger partial charge in [-0.2, -0.15) is 10.2 Å². The third-order valence-corrected chi connectivity index (χ3v) is 4.42. The Morgan fingerprint density at radius 1 is 1.20 bits per heavy atom. The number of hydrogen-bond acceptors (Lipinski definition) is 3. The van der Waals surface area contributed by atoms with Gasteiger partial charge < -0.3 is 5.32 Å². The first-order valence-electron chi connectivity index (χ1n) is 7.45. The van der Waals surface area contributed by atoms with E-state index in [1.165, 1.54) is 6.07 Å². The van der Waals surface area contributed by atoms with E-state index in [4.69, 9.17) is 0 Å². The van der Waals surface area contributed by atoms with Crippen molar-refractivity contribution in [2.45, 2.75) is 19.5 Å². The monoisotopic (exact) mass is 469 g/mol. The van der Waals surface area contributed by atoms with Crippen LogP contribution >= 0.6 is 31.9 Å². The highest BCUT2D eigenvalue weighted by Gasteiger charge is 2.12. The van der Waals surface area contributed by atoms with Crippen molar-refractivity contribution in [3.05, 3.63) is 63.2 Å². The van der Waals surface area contributed by atoms with E-state index in [2.05, 4.69) is 47.4 Å². The molecule has 9 heteroatoms. The third kappa shape index (κ3) is 4.76. The number of nitrogens with zero attached hydrogens (tertiary/aromatic N) is 4. The van der Waals surface area contributed by atoms with Gasteiger partial charge in [-0.25, -0.2) is 4.39 Å². The number of halogens is 3. The Balaban J connectivity index is 1.60.